The average molecular weight is 253 g/mol. The van der Waals surface area contributed by atoms with Gasteiger partial charge in [0, 0.05) is 6.07 Å². The van der Waals surface area contributed by atoms with Crippen molar-refractivity contribution in [1.29, 1.82) is 0 Å². The Morgan fingerprint density at radius 3 is 2.67 bits per heavy atom. The van der Waals surface area contributed by atoms with E-state index in [2.05, 4.69) is 14.6 Å². The number of aromatic carboxylic acids is 1. The highest BCUT2D eigenvalue weighted by Gasteiger charge is 2.19. The van der Waals surface area contributed by atoms with Crippen LogP contribution in [-0.2, 0) is 0 Å². The summed E-state index contributed by atoms with van der Waals surface area (Å²) in [5.74, 6) is -3.46. The van der Waals surface area contributed by atoms with Crippen molar-refractivity contribution in [3.8, 4) is 11.5 Å². The van der Waals surface area contributed by atoms with Crippen LogP contribution in [0.2, 0.25) is 0 Å². The molecule has 1 N–H and O–H groups in total. The third-order valence-corrected chi connectivity index (χ3v) is 2.00. The van der Waals surface area contributed by atoms with Gasteiger partial charge >= 0.3 is 11.9 Å². The van der Waals surface area contributed by atoms with Crippen LogP contribution in [0, 0.1) is 15.9 Å². The van der Waals surface area contributed by atoms with Crippen LogP contribution < -0.4 is 0 Å². The summed E-state index contributed by atoms with van der Waals surface area (Å²) < 4.78 is 18.2. The first-order valence-corrected chi connectivity index (χ1v) is 4.50. The second-order valence-corrected chi connectivity index (χ2v) is 3.14. The third-order valence-electron chi connectivity index (χ3n) is 2.00. The molecule has 9 heteroatoms. The molecule has 0 aliphatic heterocycles. The summed E-state index contributed by atoms with van der Waals surface area (Å²) in [5.41, 5.74) is -0.644. The second kappa shape index (κ2) is 4.20. The fourth-order valence-electron chi connectivity index (χ4n) is 1.21. The number of hydrogen-bond acceptors (Lipinski definition) is 6. The molecule has 0 saturated carbocycles. The molecule has 0 spiro atoms. The van der Waals surface area contributed by atoms with E-state index in [1.54, 1.807) is 0 Å². The van der Waals surface area contributed by atoms with Crippen LogP contribution in [0.5, 0.6) is 0 Å². The van der Waals surface area contributed by atoms with Gasteiger partial charge in [-0.3, -0.25) is 10.1 Å². The summed E-state index contributed by atoms with van der Waals surface area (Å²) in [7, 11) is 0. The van der Waals surface area contributed by atoms with Crippen LogP contribution in [0.15, 0.2) is 22.6 Å². The molecule has 92 valence electrons. The number of rotatable bonds is 3. The number of non-ortho nitro benzene ring substituents is 1. The van der Waals surface area contributed by atoms with E-state index in [9.17, 15) is 19.3 Å². The predicted octanol–water partition coefficient (Wildman–Crippen LogP) is 1.48. The third kappa shape index (κ3) is 2.00. The largest absolute Gasteiger partial charge is 0.474 e. The van der Waals surface area contributed by atoms with Gasteiger partial charge in [0.1, 0.15) is 5.82 Å². The molecule has 2 rings (SSSR count). The van der Waals surface area contributed by atoms with Crippen molar-refractivity contribution in [1.82, 2.24) is 10.2 Å². The van der Waals surface area contributed by atoms with Gasteiger partial charge in [-0.15, -0.1) is 10.2 Å². The van der Waals surface area contributed by atoms with Crippen LogP contribution in [0.4, 0.5) is 10.1 Å². The van der Waals surface area contributed by atoms with Crippen molar-refractivity contribution >= 4 is 11.7 Å². The van der Waals surface area contributed by atoms with Crippen molar-refractivity contribution < 1.29 is 23.6 Å². The number of aromatic nitrogens is 2. The molecular formula is C9H4FN3O5. The Bertz CT molecular complexity index is 639. The number of carboxylic acid groups (broad SMARTS) is 1. The maximum atomic E-state index is 13.5. The Hall–Kier alpha value is -2.84. The van der Waals surface area contributed by atoms with Crippen molar-refractivity contribution in [2.45, 2.75) is 0 Å². The van der Waals surface area contributed by atoms with E-state index < -0.39 is 28.3 Å². The lowest BCUT2D eigenvalue weighted by atomic mass is 10.2. The number of carboxylic acids is 1. The predicted molar refractivity (Wildman–Crippen MR) is 53.3 cm³/mol. The van der Waals surface area contributed by atoms with E-state index in [4.69, 9.17) is 5.11 Å². The van der Waals surface area contributed by atoms with Crippen LogP contribution >= 0.6 is 0 Å². The molecule has 0 aliphatic carbocycles. The number of nitrogens with zero attached hydrogens (tertiary/aromatic N) is 3. The molecule has 0 radical (unpaired) electrons. The summed E-state index contributed by atoms with van der Waals surface area (Å²) in [5, 5.41) is 25.5. The average Bonchev–Trinajstić information content (AvgIpc) is 2.78. The monoisotopic (exact) mass is 253 g/mol. The van der Waals surface area contributed by atoms with Gasteiger partial charge in [-0.05, 0) is 6.07 Å². The molecular weight excluding hydrogens is 249 g/mol. The number of nitro groups is 1. The zero-order valence-corrected chi connectivity index (χ0v) is 8.53. The summed E-state index contributed by atoms with van der Waals surface area (Å²) in [6.07, 6.45) is 0. The molecule has 18 heavy (non-hydrogen) atoms. The Labute approximate surface area is 97.8 Å². The van der Waals surface area contributed by atoms with Crippen molar-refractivity contribution in [3.63, 3.8) is 0 Å². The SMILES string of the molecule is O=C(O)c1nnc(-c2ccc([N+](=O)[O-])cc2F)o1. The molecule has 1 aromatic carbocycles. The topological polar surface area (TPSA) is 119 Å². The van der Waals surface area contributed by atoms with Gasteiger partial charge in [-0.1, -0.05) is 0 Å². The van der Waals surface area contributed by atoms with Gasteiger partial charge in [0.2, 0.25) is 0 Å². The lowest BCUT2D eigenvalue weighted by Crippen LogP contribution is -1.95. The van der Waals surface area contributed by atoms with E-state index in [1.807, 2.05) is 0 Å². The molecule has 0 amide bonds. The van der Waals surface area contributed by atoms with Gasteiger partial charge < -0.3 is 9.52 Å². The summed E-state index contributed by atoms with van der Waals surface area (Å²) >= 11 is 0. The normalized spacial score (nSPS) is 10.3. The fourth-order valence-corrected chi connectivity index (χ4v) is 1.21. The molecule has 1 aromatic heterocycles. The first-order valence-electron chi connectivity index (χ1n) is 4.50. The number of carbonyl (C=O) groups is 1. The first kappa shape index (κ1) is 11.6. The van der Waals surface area contributed by atoms with Gasteiger partial charge in [0.05, 0.1) is 16.6 Å². The molecule has 0 aliphatic rings. The Balaban J connectivity index is 2.44. The second-order valence-electron chi connectivity index (χ2n) is 3.14. The van der Waals surface area contributed by atoms with E-state index in [-0.39, 0.29) is 11.5 Å². The van der Waals surface area contributed by atoms with Crippen LogP contribution in [0.25, 0.3) is 11.5 Å². The van der Waals surface area contributed by atoms with Crippen molar-refractivity contribution in [2.24, 2.45) is 0 Å². The van der Waals surface area contributed by atoms with Crippen molar-refractivity contribution in [3.05, 3.63) is 40.0 Å². The number of nitro benzene ring substituents is 1. The maximum absolute atomic E-state index is 13.5. The summed E-state index contributed by atoms with van der Waals surface area (Å²) in [4.78, 5) is 20.1. The molecule has 0 saturated heterocycles. The summed E-state index contributed by atoms with van der Waals surface area (Å²) in [6, 6.07) is 2.79. The lowest BCUT2D eigenvalue weighted by molar-refractivity contribution is -0.385. The minimum Gasteiger partial charge on any atom is -0.474 e. The summed E-state index contributed by atoms with van der Waals surface area (Å²) in [6.45, 7) is 0. The van der Waals surface area contributed by atoms with Gasteiger partial charge in [0.15, 0.2) is 0 Å². The zero-order chi connectivity index (χ0) is 13.3. The first-order chi connectivity index (χ1) is 8.49. The van der Waals surface area contributed by atoms with E-state index in [1.165, 1.54) is 0 Å². The highest BCUT2D eigenvalue weighted by Crippen LogP contribution is 2.25. The van der Waals surface area contributed by atoms with E-state index in [0.29, 0.717) is 6.07 Å². The Morgan fingerprint density at radius 1 is 1.44 bits per heavy atom. The van der Waals surface area contributed by atoms with Crippen LogP contribution in [0.1, 0.15) is 10.7 Å². The molecule has 0 fully saturated rings. The van der Waals surface area contributed by atoms with Crippen LogP contribution in [0.3, 0.4) is 0 Å². The standard InChI is InChI=1S/C9H4FN3O5/c10-6-3-4(13(16)17)1-2-5(6)7-11-12-8(18-7)9(14)15/h1-3H,(H,14,15). The Morgan fingerprint density at radius 2 is 2.17 bits per heavy atom. The fraction of sp³-hybridized carbons (Fsp3) is 0. The molecule has 2 aromatic rings. The number of benzene rings is 1. The number of halogens is 1. The molecule has 1 heterocycles. The quantitative estimate of drug-likeness (QED) is 0.649. The number of hydrogen-bond donors (Lipinski definition) is 1. The molecule has 8 nitrogen and oxygen atoms in total. The molecule has 0 atom stereocenters. The Kier molecular flexibility index (Phi) is 2.72. The van der Waals surface area contributed by atoms with Gasteiger partial charge in [-0.25, -0.2) is 9.18 Å². The highest BCUT2D eigenvalue weighted by molar-refractivity contribution is 5.82. The van der Waals surface area contributed by atoms with E-state index in [0.717, 1.165) is 12.1 Å². The van der Waals surface area contributed by atoms with Crippen LogP contribution in [-0.4, -0.2) is 26.2 Å². The van der Waals surface area contributed by atoms with Gasteiger partial charge in [-0.2, -0.15) is 0 Å². The lowest BCUT2D eigenvalue weighted by Gasteiger charge is -1.97. The maximum Gasteiger partial charge on any atom is 0.393 e. The van der Waals surface area contributed by atoms with Gasteiger partial charge in [0.25, 0.3) is 11.6 Å². The van der Waals surface area contributed by atoms with Crippen molar-refractivity contribution in [2.75, 3.05) is 0 Å². The van der Waals surface area contributed by atoms with E-state index >= 15 is 0 Å². The smallest absolute Gasteiger partial charge is 0.393 e. The minimum atomic E-state index is -1.45. The molecule has 0 unspecified atom stereocenters. The molecule has 0 bridgehead atoms. The zero-order valence-electron chi connectivity index (χ0n) is 8.53. The highest BCUT2D eigenvalue weighted by atomic mass is 19.1. The minimum absolute atomic E-state index is 0.208.